The van der Waals surface area contributed by atoms with E-state index in [-0.39, 0.29) is 0 Å². The van der Waals surface area contributed by atoms with Crippen molar-refractivity contribution in [3.63, 3.8) is 0 Å². The molecule has 114 valence electrons. The molecule has 0 bridgehead atoms. The second kappa shape index (κ2) is 5.52. The fourth-order valence-corrected chi connectivity index (χ4v) is 2.38. The molecule has 2 aromatic rings. The summed E-state index contributed by atoms with van der Waals surface area (Å²) < 4.78 is 56.9. The molecule has 1 N–H and O–H groups in total. The maximum Gasteiger partial charge on any atom is 0.419 e. The van der Waals surface area contributed by atoms with E-state index in [1.54, 1.807) is 27.0 Å². The van der Waals surface area contributed by atoms with Crippen molar-refractivity contribution >= 4 is 0 Å². The van der Waals surface area contributed by atoms with Crippen molar-refractivity contribution in [1.82, 2.24) is 5.32 Å². The number of furan rings is 1. The Morgan fingerprint density at radius 3 is 2.24 bits per heavy atom. The molecule has 0 amide bonds. The van der Waals surface area contributed by atoms with Gasteiger partial charge in [0.15, 0.2) is 0 Å². The summed E-state index contributed by atoms with van der Waals surface area (Å²) in [5, 5.41) is 2.97. The molecule has 1 atom stereocenters. The first-order valence-corrected chi connectivity index (χ1v) is 6.35. The summed E-state index contributed by atoms with van der Waals surface area (Å²) >= 11 is 0. The standard InChI is InChI=1S/C15H15F4NO/c1-8-6-11(9(2)21-8)14(20-3)10-4-5-12(13(16)7-10)15(17,18)19/h4-7,14,20H,1-3H3. The maximum absolute atomic E-state index is 13.7. The van der Waals surface area contributed by atoms with Crippen molar-refractivity contribution in [2.24, 2.45) is 0 Å². The van der Waals surface area contributed by atoms with Crippen LogP contribution in [0.5, 0.6) is 0 Å². The van der Waals surface area contributed by atoms with Gasteiger partial charge in [-0.15, -0.1) is 0 Å². The number of aryl methyl sites for hydroxylation is 2. The van der Waals surface area contributed by atoms with E-state index in [1.807, 2.05) is 0 Å². The van der Waals surface area contributed by atoms with Gasteiger partial charge < -0.3 is 9.73 Å². The van der Waals surface area contributed by atoms with E-state index in [1.165, 1.54) is 6.07 Å². The first-order valence-electron chi connectivity index (χ1n) is 6.35. The molecule has 2 nitrogen and oxygen atoms in total. The van der Waals surface area contributed by atoms with Gasteiger partial charge in [0.2, 0.25) is 0 Å². The van der Waals surface area contributed by atoms with Gasteiger partial charge in [-0.1, -0.05) is 6.07 Å². The molecule has 0 fully saturated rings. The predicted molar refractivity (Wildman–Crippen MR) is 70.5 cm³/mol. The minimum absolute atomic E-state index is 0.409. The Hall–Kier alpha value is -1.82. The zero-order chi connectivity index (χ0) is 15.8. The van der Waals surface area contributed by atoms with Crippen LogP contribution in [-0.2, 0) is 6.18 Å². The summed E-state index contributed by atoms with van der Waals surface area (Å²) in [4.78, 5) is 0. The van der Waals surface area contributed by atoms with Gasteiger partial charge in [-0.05, 0) is 44.7 Å². The molecule has 6 heteroatoms. The first-order chi connectivity index (χ1) is 9.74. The van der Waals surface area contributed by atoms with Crippen LogP contribution in [-0.4, -0.2) is 7.05 Å². The Balaban J connectivity index is 2.45. The van der Waals surface area contributed by atoms with Crippen LogP contribution in [0.1, 0.15) is 34.3 Å². The molecule has 1 heterocycles. The molecule has 0 saturated carbocycles. The van der Waals surface area contributed by atoms with Gasteiger partial charge in [0.25, 0.3) is 0 Å². The lowest BCUT2D eigenvalue weighted by molar-refractivity contribution is -0.140. The Bertz CT molecular complexity index is 646. The van der Waals surface area contributed by atoms with E-state index < -0.39 is 23.6 Å². The zero-order valence-corrected chi connectivity index (χ0v) is 11.8. The molecule has 1 aromatic heterocycles. The molecule has 21 heavy (non-hydrogen) atoms. The van der Waals surface area contributed by atoms with Crippen LogP contribution in [0.25, 0.3) is 0 Å². The highest BCUT2D eigenvalue weighted by Crippen LogP contribution is 2.34. The van der Waals surface area contributed by atoms with Crippen molar-refractivity contribution in [2.45, 2.75) is 26.1 Å². The number of nitrogens with one attached hydrogen (secondary N) is 1. The normalized spacial score (nSPS) is 13.5. The maximum atomic E-state index is 13.7. The lowest BCUT2D eigenvalue weighted by Gasteiger charge is -2.17. The molecule has 1 aromatic carbocycles. The highest BCUT2D eigenvalue weighted by Gasteiger charge is 2.34. The van der Waals surface area contributed by atoms with Crippen LogP contribution in [0, 0.1) is 19.7 Å². The minimum Gasteiger partial charge on any atom is -0.466 e. The topological polar surface area (TPSA) is 25.2 Å². The van der Waals surface area contributed by atoms with Crippen molar-refractivity contribution in [2.75, 3.05) is 7.05 Å². The van der Waals surface area contributed by atoms with E-state index in [0.29, 0.717) is 17.1 Å². The molecule has 1 unspecified atom stereocenters. The van der Waals surface area contributed by atoms with Crippen molar-refractivity contribution in [3.8, 4) is 0 Å². The molecule has 0 aliphatic rings. The number of halogens is 4. The monoisotopic (exact) mass is 301 g/mol. The van der Waals surface area contributed by atoms with Crippen LogP contribution in [0.3, 0.4) is 0 Å². The van der Waals surface area contributed by atoms with Gasteiger partial charge in [0.05, 0.1) is 11.6 Å². The molecular weight excluding hydrogens is 286 g/mol. The molecule has 0 spiro atoms. The van der Waals surface area contributed by atoms with E-state index in [0.717, 1.165) is 17.7 Å². The number of benzene rings is 1. The number of hydrogen-bond acceptors (Lipinski definition) is 2. The Labute approximate surface area is 119 Å². The van der Waals surface area contributed by atoms with Gasteiger partial charge in [0.1, 0.15) is 17.3 Å². The zero-order valence-electron chi connectivity index (χ0n) is 11.8. The summed E-state index contributed by atoms with van der Waals surface area (Å²) in [6.45, 7) is 3.53. The van der Waals surface area contributed by atoms with Gasteiger partial charge in [-0.3, -0.25) is 0 Å². The highest BCUT2D eigenvalue weighted by atomic mass is 19.4. The third kappa shape index (κ3) is 3.10. The summed E-state index contributed by atoms with van der Waals surface area (Å²) in [5.74, 6) is 0.0559. The van der Waals surface area contributed by atoms with Crippen LogP contribution in [0.4, 0.5) is 17.6 Å². The van der Waals surface area contributed by atoms with Gasteiger partial charge >= 0.3 is 6.18 Å². The summed E-state index contributed by atoms with van der Waals surface area (Å²) in [7, 11) is 1.65. The Morgan fingerprint density at radius 2 is 1.81 bits per heavy atom. The van der Waals surface area contributed by atoms with Gasteiger partial charge in [-0.2, -0.15) is 13.2 Å². The molecule has 0 radical (unpaired) electrons. The van der Waals surface area contributed by atoms with Crippen LogP contribution >= 0.6 is 0 Å². The van der Waals surface area contributed by atoms with E-state index >= 15 is 0 Å². The summed E-state index contributed by atoms with van der Waals surface area (Å²) in [6.07, 6.45) is -4.69. The lowest BCUT2D eigenvalue weighted by atomic mass is 9.97. The smallest absolute Gasteiger partial charge is 0.419 e. The van der Waals surface area contributed by atoms with Crippen LogP contribution < -0.4 is 5.32 Å². The van der Waals surface area contributed by atoms with Crippen molar-refractivity contribution < 1.29 is 22.0 Å². The average molecular weight is 301 g/mol. The van der Waals surface area contributed by atoms with Crippen molar-refractivity contribution in [1.29, 1.82) is 0 Å². The number of hydrogen-bond donors (Lipinski definition) is 1. The Morgan fingerprint density at radius 1 is 1.14 bits per heavy atom. The van der Waals surface area contributed by atoms with Gasteiger partial charge in [-0.25, -0.2) is 4.39 Å². The third-order valence-corrected chi connectivity index (χ3v) is 3.31. The van der Waals surface area contributed by atoms with E-state index in [9.17, 15) is 17.6 Å². The molecular formula is C15H15F4NO. The Kier molecular flexibility index (Phi) is 4.09. The number of alkyl halides is 3. The summed E-state index contributed by atoms with van der Waals surface area (Å²) in [5.41, 5.74) is -0.0812. The summed E-state index contributed by atoms with van der Waals surface area (Å²) in [6, 6.07) is 4.29. The minimum atomic E-state index is -4.69. The molecule has 0 aliphatic carbocycles. The largest absolute Gasteiger partial charge is 0.466 e. The second-order valence-electron chi connectivity index (χ2n) is 4.83. The fourth-order valence-electron chi connectivity index (χ4n) is 2.38. The molecule has 2 rings (SSSR count). The quantitative estimate of drug-likeness (QED) is 0.852. The average Bonchev–Trinajstić information content (AvgIpc) is 2.68. The first kappa shape index (κ1) is 15.6. The second-order valence-corrected chi connectivity index (χ2v) is 4.83. The van der Waals surface area contributed by atoms with Gasteiger partial charge in [0, 0.05) is 5.56 Å². The van der Waals surface area contributed by atoms with Crippen LogP contribution in [0.15, 0.2) is 28.7 Å². The lowest BCUT2D eigenvalue weighted by Crippen LogP contribution is -2.19. The highest BCUT2D eigenvalue weighted by molar-refractivity contribution is 5.37. The molecule has 0 aliphatic heterocycles. The number of rotatable bonds is 3. The van der Waals surface area contributed by atoms with Crippen molar-refractivity contribution in [3.05, 3.63) is 58.3 Å². The fraction of sp³-hybridized carbons (Fsp3) is 0.333. The SMILES string of the molecule is CNC(c1ccc(C(F)(F)F)c(F)c1)c1cc(C)oc1C. The van der Waals surface area contributed by atoms with E-state index in [2.05, 4.69) is 5.32 Å². The van der Waals surface area contributed by atoms with Crippen LogP contribution in [0.2, 0.25) is 0 Å². The molecule has 0 saturated heterocycles. The third-order valence-electron chi connectivity index (χ3n) is 3.31. The van der Waals surface area contributed by atoms with E-state index in [4.69, 9.17) is 4.42 Å². The predicted octanol–water partition coefficient (Wildman–Crippen LogP) is 4.36.